The Labute approximate surface area is 204 Å². The number of carbonyl (C=O) groups is 2. The van der Waals surface area contributed by atoms with E-state index in [-0.39, 0.29) is 18.0 Å². The van der Waals surface area contributed by atoms with E-state index in [2.05, 4.69) is 27.8 Å². The van der Waals surface area contributed by atoms with Crippen molar-refractivity contribution in [3.8, 4) is 0 Å². The van der Waals surface area contributed by atoms with Gasteiger partial charge in [-0.2, -0.15) is 0 Å². The topological polar surface area (TPSA) is 73.5 Å². The van der Waals surface area contributed by atoms with Crippen LogP contribution in [-0.2, 0) is 6.54 Å². The highest BCUT2D eigenvalue weighted by Crippen LogP contribution is 2.21. The van der Waals surface area contributed by atoms with Gasteiger partial charge in [-0.05, 0) is 67.4 Å². The van der Waals surface area contributed by atoms with E-state index in [9.17, 15) is 9.59 Å². The maximum absolute atomic E-state index is 12.6. The quantitative estimate of drug-likeness (QED) is 0.354. The molecule has 0 spiro atoms. The Hall–Kier alpha value is -2.87. The molecule has 0 bridgehead atoms. The molecule has 3 amide bonds. The molecule has 6 nitrogen and oxygen atoms in total. The minimum Gasteiger partial charge on any atom is -0.347 e. The molecule has 174 valence electrons. The van der Waals surface area contributed by atoms with E-state index < -0.39 is 0 Å². The van der Waals surface area contributed by atoms with E-state index in [1.54, 1.807) is 35.6 Å². The molecule has 0 aliphatic carbocycles. The molecule has 0 saturated carbocycles. The molecule has 2 aromatic carbocycles. The molecule has 0 aliphatic heterocycles. The molecular formula is C25H29ClN4O2S. The second-order valence-electron chi connectivity index (χ2n) is 7.73. The van der Waals surface area contributed by atoms with Crippen LogP contribution in [0.25, 0.3) is 0 Å². The summed E-state index contributed by atoms with van der Waals surface area (Å²) in [5.41, 5.74) is 2.13. The van der Waals surface area contributed by atoms with Crippen LogP contribution in [0.2, 0.25) is 5.02 Å². The Morgan fingerprint density at radius 3 is 2.55 bits per heavy atom. The Balaban J connectivity index is 1.58. The molecule has 33 heavy (non-hydrogen) atoms. The smallest absolute Gasteiger partial charge is 0.319 e. The fraction of sp³-hybridized carbons (Fsp3) is 0.280. The summed E-state index contributed by atoms with van der Waals surface area (Å²) in [6.07, 6.45) is 1.01. The van der Waals surface area contributed by atoms with Gasteiger partial charge in [0, 0.05) is 27.7 Å². The van der Waals surface area contributed by atoms with Gasteiger partial charge in [0.2, 0.25) is 0 Å². The third kappa shape index (κ3) is 7.60. The molecule has 0 aliphatic rings. The number of nitrogens with zero attached hydrogens (tertiary/aromatic N) is 1. The van der Waals surface area contributed by atoms with Crippen LogP contribution in [0.1, 0.15) is 40.2 Å². The predicted molar refractivity (Wildman–Crippen MR) is 136 cm³/mol. The summed E-state index contributed by atoms with van der Waals surface area (Å²) in [6.45, 7) is 3.94. The predicted octanol–water partition coefficient (Wildman–Crippen LogP) is 5.54. The lowest BCUT2D eigenvalue weighted by molar-refractivity contribution is 0.0951. The van der Waals surface area contributed by atoms with E-state index in [0.29, 0.717) is 29.4 Å². The van der Waals surface area contributed by atoms with Crippen molar-refractivity contribution in [2.24, 2.45) is 0 Å². The fourth-order valence-corrected chi connectivity index (χ4v) is 4.28. The number of halogens is 1. The van der Waals surface area contributed by atoms with Crippen molar-refractivity contribution in [2.75, 3.05) is 25.5 Å². The maximum Gasteiger partial charge on any atom is 0.319 e. The maximum atomic E-state index is 12.6. The lowest BCUT2D eigenvalue weighted by atomic mass is 10.1. The highest BCUT2D eigenvalue weighted by atomic mass is 35.5. The van der Waals surface area contributed by atoms with Gasteiger partial charge in [0.15, 0.2) is 0 Å². The summed E-state index contributed by atoms with van der Waals surface area (Å²) < 4.78 is 0. The van der Waals surface area contributed by atoms with Crippen molar-refractivity contribution in [1.29, 1.82) is 0 Å². The van der Waals surface area contributed by atoms with E-state index in [1.165, 1.54) is 0 Å². The SMILES string of the molecule is CCCN(C)C(CNC(=O)Nc1cccc(C(=O)NCc2cccs2)c1)c1ccc(Cl)cc1. The lowest BCUT2D eigenvalue weighted by Crippen LogP contribution is -2.38. The van der Waals surface area contributed by atoms with Crippen LogP contribution in [0.15, 0.2) is 66.0 Å². The summed E-state index contributed by atoms with van der Waals surface area (Å²) in [7, 11) is 2.04. The molecule has 1 heterocycles. The number of urea groups is 1. The van der Waals surface area contributed by atoms with Gasteiger partial charge < -0.3 is 16.0 Å². The fourth-order valence-electron chi connectivity index (χ4n) is 3.51. The molecule has 0 radical (unpaired) electrons. The zero-order valence-electron chi connectivity index (χ0n) is 18.8. The van der Waals surface area contributed by atoms with Crippen LogP contribution < -0.4 is 16.0 Å². The zero-order chi connectivity index (χ0) is 23.6. The van der Waals surface area contributed by atoms with Gasteiger partial charge in [0.1, 0.15) is 0 Å². The Kier molecular flexibility index (Phi) is 9.30. The average Bonchev–Trinajstić information content (AvgIpc) is 3.33. The molecule has 0 saturated heterocycles. The number of nitrogens with one attached hydrogen (secondary N) is 3. The zero-order valence-corrected chi connectivity index (χ0v) is 20.4. The molecular weight excluding hydrogens is 456 g/mol. The first kappa shape index (κ1) is 24.8. The summed E-state index contributed by atoms with van der Waals surface area (Å²) in [4.78, 5) is 28.3. The van der Waals surface area contributed by atoms with Crippen molar-refractivity contribution in [3.63, 3.8) is 0 Å². The molecule has 1 aromatic heterocycles. The van der Waals surface area contributed by atoms with Gasteiger partial charge in [0.05, 0.1) is 12.6 Å². The largest absolute Gasteiger partial charge is 0.347 e. The normalized spacial score (nSPS) is 11.8. The summed E-state index contributed by atoms with van der Waals surface area (Å²) >= 11 is 7.63. The Morgan fingerprint density at radius 2 is 1.85 bits per heavy atom. The number of amides is 3. The number of thiophene rings is 1. The number of rotatable bonds is 10. The van der Waals surface area contributed by atoms with Gasteiger partial charge in [-0.3, -0.25) is 9.69 Å². The highest BCUT2D eigenvalue weighted by molar-refractivity contribution is 7.09. The molecule has 1 atom stereocenters. The van der Waals surface area contributed by atoms with Crippen LogP contribution in [0, 0.1) is 0 Å². The number of likely N-dealkylation sites (N-methyl/N-ethyl adjacent to an activating group) is 1. The standard InChI is InChI=1S/C25H29ClN4O2S/c1-3-13-30(2)23(18-9-11-20(26)12-10-18)17-28-25(32)29-21-7-4-6-19(15-21)24(31)27-16-22-8-5-14-33-22/h4-12,14-15,23H,3,13,16-17H2,1-2H3,(H,27,31)(H2,28,29,32). The molecule has 8 heteroatoms. The molecule has 3 rings (SSSR count). The van der Waals surface area contributed by atoms with Crippen LogP contribution in [0.5, 0.6) is 0 Å². The number of carbonyl (C=O) groups excluding carboxylic acids is 2. The number of hydrogen-bond acceptors (Lipinski definition) is 4. The minimum absolute atomic E-state index is 0.0160. The van der Waals surface area contributed by atoms with Gasteiger partial charge in [-0.25, -0.2) is 4.79 Å². The molecule has 3 N–H and O–H groups in total. The van der Waals surface area contributed by atoms with Gasteiger partial charge >= 0.3 is 6.03 Å². The van der Waals surface area contributed by atoms with Crippen molar-refractivity contribution < 1.29 is 9.59 Å². The summed E-state index contributed by atoms with van der Waals surface area (Å²) in [5, 5.41) is 11.3. The monoisotopic (exact) mass is 484 g/mol. The average molecular weight is 485 g/mol. The second-order valence-corrected chi connectivity index (χ2v) is 9.19. The van der Waals surface area contributed by atoms with E-state index in [1.807, 2.05) is 48.8 Å². The van der Waals surface area contributed by atoms with Crippen LogP contribution in [0.4, 0.5) is 10.5 Å². The van der Waals surface area contributed by atoms with Crippen LogP contribution >= 0.6 is 22.9 Å². The first-order chi connectivity index (χ1) is 16.0. The molecule has 1 unspecified atom stereocenters. The number of anilines is 1. The Bertz CT molecular complexity index is 1040. The highest BCUT2D eigenvalue weighted by Gasteiger charge is 2.18. The number of hydrogen-bond donors (Lipinski definition) is 3. The first-order valence-corrected chi connectivity index (χ1v) is 12.1. The molecule has 0 fully saturated rings. The second kappa shape index (κ2) is 12.4. The third-order valence-corrected chi connectivity index (χ3v) is 6.33. The van der Waals surface area contributed by atoms with Crippen molar-refractivity contribution >= 4 is 40.6 Å². The first-order valence-electron chi connectivity index (χ1n) is 10.9. The van der Waals surface area contributed by atoms with Crippen LogP contribution in [-0.4, -0.2) is 37.0 Å². The van der Waals surface area contributed by atoms with E-state index >= 15 is 0 Å². The minimum atomic E-state index is -0.324. The van der Waals surface area contributed by atoms with Crippen molar-refractivity contribution in [3.05, 3.63) is 87.1 Å². The Morgan fingerprint density at radius 1 is 1.06 bits per heavy atom. The van der Waals surface area contributed by atoms with Crippen molar-refractivity contribution in [1.82, 2.24) is 15.5 Å². The summed E-state index contributed by atoms with van der Waals surface area (Å²) in [5.74, 6) is -0.184. The van der Waals surface area contributed by atoms with E-state index in [0.717, 1.165) is 23.4 Å². The lowest BCUT2D eigenvalue weighted by Gasteiger charge is -2.28. The third-order valence-electron chi connectivity index (χ3n) is 5.21. The van der Waals surface area contributed by atoms with Crippen LogP contribution in [0.3, 0.4) is 0 Å². The molecule has 3 aromatic rings. The summed E-state index contributed by atoms with van der Waals surface area (Å²) in [6, 6.07) is 18.2. The van der Waals surface area contributed by atoms with E-state index in [4.69, 9.17) is 11.6 Å². The van der Waals surface area contributed by atoms with Crippen molar-refractivity contribution in [2.45, 2.75) is 25.9 Å². The van der Waals surface area contributed by atoms with Gasteiger partial charge in [-0.1, -0.05) is 42.8 Å². The van der Waals surface area contributed by atoms with Gasteiger partial charge in [0.25, 0.3) is 5.91 Å². The number of benzene rings is 2. The van der Waals surface area contributed by atoms with Gasteiger partial charge in [-0.15, -0.1) is 11.3 Å².